The third kappa shape index (κ3) is 40.5. The Kier molecular flexibility index (Phi) is 40.1. The lowest BCUT2D eigenvalue weighted by atomic mass is 10.1. The molecule has 59 heavy (non-hydrogen) atoms. The maximum absolute atomic E-state index is 12.8. The molecule has 0 fully saturated rings. The summed E-state index contributed by atoms with van der Waals surface area (Å²) in [5.41, 5.74) is 0. The monoisotopic (exact) mass is 830 g/mol. The number of hydrogen-bond donors (Lipinski definition) is 0. The van der Waals surface area contributed by atoms with Crippen LogP contribution in [0.3, 0.4) is 0 Å². The Hall–Kier alpha value is -2.71. The lowest BCUT2D eigenvalue weighted by molar-refractivity contribution is -0.889. The highest BCUT2D eigenvalue weighted by atomic mass is 16.6. The first-order chi connectivity index (χ1) is 28.6. The first kappa shape index (κ1) is 56.3. The van der Waals surface area contributed by atoms with Crippen molar-refractivity contribution in [3.63, 3.8) is 0 Å². The molecule has 0 saturated carbocycles. The fourth-order valence-corrected chi connectivity index (χ4v) is 6.90. The highest BCUT2D eigenvalue weighted by Crippen LogP contribution is 2.14. The SMILES string of the molecule is CCCCC/C=C/C/C=C/C/C=C/CCCCCCCCCCCC(=O)OC(COCCC(C(=O)[O-])[N+](C)(C)C)COC(=O)CCCCC/C=C/CCCCCCCC. The maximum Gasteiger partial charge on any atom is 0.306 e. The van der Waals surface area contributed by atoms with E-state index < -0.39 is 18.1 Å². The van der Waals surface area contributed by atoms with E-state index in [-0.39, 0.29) is 42.7 Å². The van der Waals surface area contributed by atoms with Gasteiger partial charge in [0.1, 0.15) is 12.6 Å². The first-order valence-corrected chi connectivity index (χ1v) is 24.2. The van der Waals surface area contributed by atoms with Gasteiger partial charge in [-0.3, -0.25) is 9.59 Å². The molecule has 0 aromatic heterocycles. The van der Waals surface area contributed by atoms with Crippen LogP contribution in [0.25, 0.3) is 0 Å². The van der Waals surface area contributed by atoms with Crippen molar-refractivity contribution in [2.75, 3.05) is 41.0 Å². The Morgan fingerprint density at radius 3 is 1.39 bits per heavy atom. The second-order valence-electron chi connectivity index (χ2n) is 17.3. The maximum atomic E-state index is 12.8. The van der Waals surface area contributed by atoms with Crippen LogP contribution in [0.2, 0.25) is 0 Å². The number of allylic oxidation sites excluding steroid dienone is 8. The predicted molar refractivity (Wildman–Crippen MR) is 245 cm³/mol. The van der Waals surface area contributed by atoms with Gasteiger partial charge in [-0.1, -0.05) is 159 Å². The van der Waals surface area contributed by atoms with E-state index in [2.05, 4.69) is 62.5 Å². The number of aliphatic carboxylic acids is 1. The van der Waals surface area contributed by atoms with E-state index in [1.807, 2.05) is 0 Å². The van der Waals surface area contributed by atoms with Gasteiger partial charge in [0.05, 0.1) is 40.3 Å². The molecule has 2 unspecified atom stereocenters. The fourth-order valence-electron chi connectivity index (χ4n) is 6.90. The number of rotatable bonds is 43. The van der Waals surface area contributed by atoms with Crippen molar-refractivity contribution in [3.05, 3.63) is 48.6 Å². The summed E-state index contributed by atoms with van der Waals surface area (Å²) < 4.78 is 17.2. The van der Waals surface area contributed by atoms with Crippen molar-refractivity contribution in [1.82, 2.24) is 0 Å². The molecule has 0 rings (SSSR count). The molecule has 0 saturated heterocycles. The van der Waals surface area contributed by atoms with E-state index in [0.29, 0.717) is 12.8 Å². The molecule has 0 spiro atoms. The molecule has 0 radical (unpaired) electrons. The van der Waals surface area contributed by atoms with Crippen LogP contribution in [-0.2, 0) is 28.6 Å². The molecule has 0 heterocycles. The van der Waals surface area contributed by atoms with Crippen molar-refractivity contribution in [1.29, 1.82) is 0 Å². The van der Waals surface area contributed by atoms with Crippen LogP contribution in [0, 0.1) is 0 Å². The second kappa shape index (κ2) is 42.0. The third-order valence-electron chi connectivity index (χ3n) is 10.7. The largest absolute Gasteiger partial charge is 0.544 e. The van der Waals surface area contributed by atoms with Crippen LogP contribution >= 0.6 is 0 Å². The molecular formula is C51H91NO7. The number of nitrogens with zero attached hydrogens (tertiary/aromatic N) is 1. The van der Waals surface area contributed by atoms with Gasteiger partial charge in [0.25, 0.3) is 0 Å². The molecule has 0 N–H and O–H groups in total. The molecule has 8 nitrogen and oxygen atoms in total. The number of likely N-dealkylation sites (N-methyl/N-ethyl adjacent to an activating group) is 1. The fraction of sp³-hybridized carbons (Fsp3) is 0.784. The molecule has 0 aliphatic rings. The minimum atomic E-state index is -1.13. The van der Waals surface area contributed by atoms with Crippen LogP contribution < -0.4 is 5.11 Å². The molecule has 0 aromatic rings. The Morgan fingerprint density at radius 2 is 0.898 bits per heavy atom. The van der Waals surface area contributed by atoms with Crippen LogP contribution in [0.5, 0.6) is 0 Å². The molecule has 342 valence electrons. The zero-order valence-electron chi connectivity index (χ0n) is 38.9. The average Bonchev–Trinajstić information content (AvgIpc) is 3.19. The number of carboxylic acid groups (broad SMARTS) is 1. The summed E-state index contributed by atoms with van der Waals surface area (Å²) in [5, 5.41) is 11.6. The van der Waals surface area contributed by atoms with Crippen molar-refractivity contribution < 1.29 is 38.2 Å². The van der Waals surface area contributed by atoms with E-state index in [1.54, 1.807) is 21.1 Å². The molecule has 0 aliphatic carbocycles. The van der Waals surface area contributed by atoms with Gasteiger partial charge < -0.3 is 28.6 Å². The van der Waals surface area contributed by atoms with Crippen LogP contribution in [-0.4, -0.2) is 75.5 Å². The highest BCUT2D eigenvalue weighted by Gasteiger charge is 2.25. The molecule has 0 aromatic carbocycles. The summed E-state index contributed by atoms with van der Waals surface area (Å²) in [6.45, 7) is 4.61. The van der Waals surface area contributed by atoms with Crippen LogP contribution in [0.1, 0.15) is 206 Å². The average molecular weight is 830 g/mol. The number of esters is 2. The quantitative estimate of drug-likeness (QED) is 0.0261. The summed E-state index contributed by atoms with van der Waals surface area (Å²) in [5.74, 6) is -1.76. The zero-order valence-corrected chi connectivity index (χ0v) is 38.9. The Morgan fingerprint density at radius 1 is 0.508 bits per heavy atom. The van der Waals surface area contributed by atoms with Gasteiger partial charge in [-0.25, -0.2) is 0 Å². The summed E-state index contributed by atoms with van der Waals surface area (Å²) in [6.07, 6.45) is 49.9. The smallest absolute Gasteiger partial charge is 0.306 e. The second-order valence-corrected chi connectivity index (χ2v) is 17.3. The van der Waals surface area contributed by atoms with Gasteiger partial charge in [-0.05, 0) is 77.0 Å². The van der Waals surface area contributed by atoms with Crippen molar-refractivity contribution >= 4 is 17.9 Å². The van der Waals surface area contributed by atoms with Crippen molar-refractivity contribution in [2.45, 2.75) is 219 Å². The lowest BCUT2D eigenvalue weighted by Gasteiger charge is -2.34. The standard InChI is InChI=1S/C51H91NO7/c1-6-8-10-12-14-16-18-20-21-22-23-24-25-26-27-28-30-32-34-36-38-40-42-50(54)59-47(45-57-44-43-48(51(55)56)52(3,4)5)46-58-49(53)41-39-37-35-33-31-29-19-17-15-13-11-9-7-2/h14,16,20-21,23-24,29,31,47-48H,6-13,15,17-19,22,25-28,30,32-46H2,1-5H3/b16-14+,21-20+,24-23+,31-29+. The third-order valence-corrected chi connectivity index (χ3v) is 10.7. The van der Waals surface area contributed by atoms with Gasteiger partial charge in [-0.15, -0.1) is 0 Å². The Labute approximate surface area is 363 Å². The van der Waals surface area contributed by atoms with E-state index in [1.165, 1.54) is 103 Å². The highest BCUT2D eigenvalue weighted by molar-refractivity contribution is 5.70. The number of quaternary nitrogens is 1. The summed E-state index contributed by atoms with van der Waals surface area (Å²) in [6, 6.07) is -0.729. The predicted octanol–water partition coefficient (Wildman–Crippen LogP) is 12.3. The molecule has 0 bridgehead atoms. The number of unbranched alkanes of at least 4 members (excludes halogenated alkanes) is 21. The number of carbonyl (C=O) groups is 3. The minimum Gasteiger partial charge on any atom is -0.544 e. The number of ether oxygens (including phenoxy) is 3. The van der Waals surface area contributed by atoms with Crippen LogP contribution in [0.15, 0.2) is 48.6 Å². The topological polar surface area (TPSA) is 102 Å². The van der Waals surface area contributed by atoms with Crippen LogP contribution in [0.4, 0.5) is 0 Å². The summed E-state index contributed by atoms with van der Waals surface area (Å²) >= 11 is 0. The molecule has 0 amide bonds. The van der Waals surface area contributed by atoms with E-state index in [9.17, 15) is 19.5 Å². The van der Waals surface area contributed by atoms with Gasteiger partial charge in [-0.2, -0.15) is 0 Å². The summed E-state index contributed by atoms with van der Waals surface area (Å²) in [7, 11) is 5.40. The first-order valence-electron chi connectivity index (χ1n) is 24.2. The normalized spacial score (nSPS) is 13.3. The minimum absolute atomic E-state index is 0.0337. The molecule has 2 atom stereocenters. The number of carboxylic acids is 1. The number of hydrogen-bond acceptors (Lipinski definition) is 7. The lowest BCUT2D eigenvalue weighted by Crippen LogP contribution is -2.55. The summed E-state index contributed by atoms with van der Waals surface area (Å²) in [4.78, 5) is 36.9. The van der Waals surface area contributed by atoms with Gasteiger partial charge in [0, 0.05) is 19.3 Å². The molecular weight excluding hydrogens is 739 g/mol. The van der Waals surface area contributed by atoms with Gasteiger partial charge >= 0.3 is 11.9 Å². The zero-order chi connectivity index (χ0) is 43.5. The molecule has 8 heteroatoms. The Balaban J connectivity index is 4.28. The van der Waals surface area contributed by atoms with E-state index in [0.717, 1.165) is 70.6 Å². The van der Waals surface area contributed by atoms with E-state index in [4.69, 9.17) is 14.2 Å². The van der Waals surface area contributed by atoms with Crippen molar-refractivity contribution in [3.8, 4) is 0 Å². The van der Waals surface area contributed by atoms with Gasteiger partial charge in [0.15, 0.2) is 6.10 Å². The Bertz CT molecular complexity index is 1110. The van der Waals surface area contributed by atoms with Crippen molar-refractivity contribution in [2.24, 2.45) is 0 Å². The van der Waals surface area contributed by atoms with E-state index >= 15 is 0 Å². The number of carbonyl (C=O) groups excluding carboxylic acids is 3. The van der Waals surface area contributed by atoms with Gasteiger partial charge in [0.2, 0.25) is 0 Å². The molecule has 0 aliphatic heterocycles.